The molecule has 1 fully saturated rings. The van der Waals surface area contributed by atoms with Crippen molar-refractivity contribution < 1.29 is 9.53 Å². The first-order valence-corrected chi connectivity index (χ1v) is 10.0. The van der Waals surface area contributed by atoms with Gasteiger partial charge in [0, 0.05) is 47.4 Å². The summed E-state index contributed by atoms with van der Waals surface area (Å²) < 4.78 is 7.60. The number of nitrogens with zero attached hydrogens (tertiary/aromatic N) is 2. The van der Waals surface area contributed by atoms with Gasteiger partial charge in [-0.25, -0.2) is 4.98 Å². The second-order valence-corrected chi connectivity index (χ2v) is 7.72. The molecule has 1 N–H and O–H groups in total. The van der Waals surface area contributed by atoms with Gasteiger partial charge in [0.05, 0.1) is 11.8 Å². The molecule has 7 heteroatoms. The van der Waals surface area contributed by atoms with Crippen LogP contribution < -0.4 is 5.32 Å². The van der Waals surface area contributed by atoms with Crippen molar-refractivity contribution in [1.82, 2.24) is 14.7 Å². The van der Waals surface area contributed by atoms with Crippen LogP contribution in [0.1, 0.15) is 25.0 Å². The molecule has 0 aliphatic carbocycles. The highest BCUT2D eigenvalue weighted by molar-refractivity contribution is 7.15. The number of aryl methyl sites for hydroxylation is 1. The number of halogens is 1. The maximum atomic E-state index is 12.1. The first-order valence-electron chi connectivity index (χ1n) is 8.79. The van der Waals surface area contributed by atoms with E-state index in [-0.39, 0.29) is 12.0 Å². The third kappa shape index (κ3) is 3.92. The number of benzene rings is 1. The Balaban J connectivity index is 1.39. The largest absolute Gasteiger partial charge is 0.376 e. The van der Waals surface area contributed by atoms with E-state index in [0.717, 1.165) is 41.4 Å². The summed E-state index contributed by atoms with van der Waals surface area (Å²) in [5.41, 5.74) is 3.05. The van der Waals surface area contributed by atoms with Crippen LogP contribution in [0.25, 0.3) is 16.2 Å². The molecule has 5 nitrogen and oxygen atoms in total. The minimum absolute atomic E-state index is 0.0675. The van der Waals surface area contributed by atoms with E-state index in [4.69, 9.17) is 16.3 Å². The third-order valence-corrected chi connectivity index (χ3v) is 5.72. The third-order valence-electron chi connectivity index (χ3n) is 4.58. The second kappa shape index (κ2) is 7.78. The molecular formula is C19H20ClN3O2S. The van der Waals surface area contributed by atoms with Gasteiger partial charge in [0.1, 0.15) is 0 Å². The molecule has 0 bridgehead atoms. The van der Waals surface area contributed by atoms with E-state index >= 15 is 0 Å². The summed E-state index contributed by atoms with van der Waals surface area (Å²) >= 11 is 7.54. The number of rotatable bonds is 6. The van der Waals surface area contributed by atoms with Crippen molar-refractivity contribution in [3.63, 3.8) is 0 Å². The van der Waals surface area contributed by atoms with Crippen LogP contribution in [0.5, 0.6) is 0 Å². The molecule has 1 amide bonds. The van der Waals surface area contributed by atoms with Crippen molar-refractivity contribution >= 4 is 33.8 Å². The van der Waals surface area contributed by atoms with E-state index in [1.165, 1.54) is 0 Å². The maximum absolute atomic E-state index is 12.1. The number of aromatic nitrogens is 2. The first kappa shape index (κ1) is 17.5. The van der Waals surface area contributed by atoms with E-state index in [1.54, 1.807) is 11.3 Å². The van der Waals surface area contributed by atoms with Gasteiger partial charge in [-0.3, -0.25) is 9.20 Å². The number of imidazole rings is 1. The predicted molar refractivity (Wildman–Crippen MR) is 104 cm³/mol. The quantitative estimate of drug-likeness (QED) is 0.694. The Kier molecular flexibility index (Phi) is 5.24. The zero-order chi connectivity index (χ0) is 17.9. The summed E-state index contributed by atoms with van der Waals surface area (Å²) in [6.07, 6.45) is 5.48. The van der Waals surface area contributed by atoms with Crippen LogP contribution in [0.2, 0.25) is 5.02 Å². The Labute approximate surface area is 161 Å². The molecule has 0 saturated carbocycles. The highest BCUT2D eigenvalue weighted by Gasteiger charge is 2.16. The molecule has 4 rings (SSSR count). The summed E-state index contributed by atoms with van der Waals surface area (Å²) in [5.74, 6) is 0.0675. The van der Waals surface area contributed by atoms with E-state index in [0.29, 0.717) is 24.4 Å². The number of hydrogen-bond donors (Lipinski definition) is 1. The number of thiazole rings is 1. The average Bonchev–Trinajstić information content (AvgIpc) is 3.36. The highest BCUT2D eigenvalue weighted by Crippen LogP contribution is 2.25. The van der Waals surface area contributed by atoms with Crippen molar-refractivity contribution in [3.8, 4) is 11.3 Å². The predicted octanol–water partition coefficient (Wildman–Crippen LogP) is 3.94. The number of amides is 1. The number of ether oxygens (including phenoxy) is 1. The molecule has 3 heterocycles. The Morgan fingerprint density at radius 3 is 3.00 bits per heavy atom. The number of carbonyl (C=O) groups excluding carboxylic acids is 1. The molecule has 1 saturated heterocycles. The van der Waals surface area contributed by atoms with E-state index in [2.05, 4.69) is 20.1 Å². The van der Waals surface area contributed by atoms with Crippen molar-refractivity contribution in [2.75, 3.05) is 13.2 Å². The number of hydrogen-bond acceptors (Lipinski definition) is 4. The summed E-state index contributed by atoms with van der Waals surface area (Å²) in [5, 5.41) is 5.76. The van der Waals surface area contributed by atoms with Crippen molar-refractivity contribution in [2.24, 2.45) is 0 Å². The minimum Gasteiger partial charge on any atom is -0.376 e. The van der Waals surface area contributed by atoms with Crippen molar-refractivity contribution in [1.29, 1.82) is 0 Å². The Morgan fingerprint density at radius 2 is 2.23 bits per heavy atom. The monoisotopic (exact) mass is 389 g/mol. The molecule has 0 spiro atoms. The van der Waals surface area contributed by atoms with Crippen LogP contribution in [0.3, 0.4) is 0 Å². The van der Waals surface area contributed by atoms with Crippen LogP contribution in [-0.4, -0.2) is 34.5 Å². The standard InChI is InChI=1S/C19H20ClN3O2S/c20-14-5-3-13(4-6-14)17-11-23-15(12-26-19(23)22-17)7-8-18(24)21-10-16-2-1-9-25-16/h3-6,11-12,16H,1-2,7-10H2,(H,21,24)/t16-/m1/s1. The molecular weight excluding hydrogens is 370 g/mol. The summed E-state index contributed by atoms with van der Waals surface area (Å²) in [7, 11) is 0. The average molecular weight is 390 g/mol. The zero-order valence-corrected chi connectivity index (χ0v) is 15.9. The van der Waals surface area contributed by atoms with Crippen LogP contribution in [0.4, 0.5) is 0 Å². The molecule has 1 aliphatic heterocycles. The fourth-order valence-electron chi connectivity index (χ4n) is 3.13. The molecule has 0 radical (unpaired) electrons. The van der Waals surface area contributed by atoms with Crippen LogP contribution in [0.15, 0.2) is 35.8 Å². The van der Waals surface area contributed by atoms with Crippen LogP contribution >= 0.6 is 22.9 Å². The zero-order valence-electron chi connectivity index (χ0n) is 14.3. The van der Waals surface area contributed by atoms with Crippen molar-refractivity contribution in [3.05, 3.63) is 46.6 Å². The van der Waals surface area contributed by atoms with Gasteiger partial charge in [-0.05, 0) is 31.4 Å². The lowest BCUT2D eigenvalue weighted by atomic mass is 10.2. The van der Waals surface area contributed by atoms with E-state index < -0.39 is 0 Å². The minimum atomic E-state index is 0.0675. The number of carbonyl (C=O) groups is 1. The van der Waals surface area contributed by atoms with Gasteiger partial charge in [-0.2, -0.15) is 0 Å². The van der Waals surface area contributed by atoms with E-state index in [9.17, 15) is 4.79 Å². The molecule has 2 aromatic heterocycles. The van der Waals surface area contributed by atoms with Gasteiger partial charge in [0.25, 0.3) is 0 Å². The second-order valence-electron chi connectivity index (χ2n) is 6.45. The normalized spacial score (nSPS) is 17.0. The molecule has 1 aromatic carbocycles. The topological polar surface area (TPSA) is 55.6 Å². The van der Waals surface area contributed by atoms with Gasteiger partial charge in [-0.15, -0.1) is 11.3 Å². The molecule has 3 aromatic rings. The summed E-state index contributed by atoms with van der Waals surface area (Å²) in [4.78, 5) is 17.7. The lowest BCUT2D eigenvalue weighted by molar-refractivity contribution is -0.121. The van der Waals surface area contributed by atoms with Crippen LogP contribution in [-0.2, 0) is 16.0 Å². The molecule has 136 valence electrons. The molecule has 26 heavy (non-hydrogen) atoms. The highest BCUT2D eigenvalue weighted by atomic mass is 35.5. The number of nitrogens with one attached hydrogen (secondary N) is 1. The van der Waals surface area contributed by atoms with Gasteiger partial charge in [-0.1, -0.05) is 23.7 Å². The van der Waals surface area contributed by atoms with Crippen LogP contribution in [0, 0.1) is 0 Å². The molecule has 0 unspecified atom stereocenters. The SMILES string of the molecule is O=C(CCc1csc2nc(-c3ccc(Cl)cc3)cn12)NC[C@H]1CCCO1. The molecule has 1 atom stereocenters. The van der Waals surface area contributed by atoms with Gasteiger partial charge < -0.3 is 10.1 Å². The fourth-order valence-corrected chi connectivity index (χ4v) is 4.17. The Hall–Kier alpha value is -1.89. The lowest BCUT2D eigenvalue weighted by Crippen LogP contribution is -2.31. The Bertz CT molecular complexity index is 897. The van der Waals surface area contributed by atoms with Gasteiger partial charge in [0.15, 0.2) is 4.96 Å². The first-order chi connectivity index (χ1) is 12.7. The van der Waals surface area contributed by atoms with Crippen molar-refractivity contribution in [2.45, 2.75) is 31.8 Å². The summed E-state index contributed by atoms with van der Waals surface area (Å²) in [6, 6.07) is 7.66. The Morgan fingerprint density at radius 1 is 1.38 bits per heavy atom. The smallest absolute Gasteiger partial charge is 0.220 e. The lowest BCUT2D eigenvalue weighted by Gasteiger charge is -2.10. The van der Waals surface area contributed by atoms with Gasteiger partial charge in [0.2, 0.25) is 5.91 Å². The molecule has 1 aliphatic rings. The van der Waals surface area contributed by atoms with Gasteiger partial charge >= 0.3 is 0 Å². The number of fused-ring (bicyclic) bond motifs is 1. The summed E-state index contributed by atoms with van der Waals surface area (Å²) in [6.45, 7) is 1.42. The maximum Gasteiger partial charge on any atom is 0.220 e. The fraction of sp³-hybridized carbons (Fsp3) is 0.368. The van der Waals surface area contributed by atoms with E-state index in [1.807, 2.05) is 30.5 Å².